The zero-order valence-corrected chi connectivity index (χ0v) is 23.8. The molecule has 7 atom stereocenters. The van der Waals surface area contributed by atoms with Crippen molar-refractivity contribution in [3.8, 4) is 10.6 Å². The second kappa shape index (κ2) is 10.6. The average molecular weight is 593 g/mol. The number of fused-ring (bicyclic) bond motifs is 2. The summed E-state index contributed by atoms with van der Waals surface area (Å²) in [5.41, 5.74) is 9.64. The molecular formula is C29H33FN8O3S. The molecule has 0 spiro atoms. The van der Waals surface area contributed by atoms with Crippen LogP contribution in [-0.4, -0.2) is 79.7 Å². The van der Waals surface area contributed by atoms with Crippen LogP contribution in [0.5, 0.6) is 0 Å². The Labute approximate surface area is 245 Å². The fourth-order valence-corrected chi connectivity index (χ4v) is 7.73. The predicted octanol–water partition coefficient (Wildman–Crippen LogP) is 2.49. The van der Waals surface area contributed by atoms with Crippen molar-refractivity contribution in [1.29, 1.82) is 0 Å². The molecule has 4 aromatic rings. The molecule has 0 amide bonds. The van der Waals surface area contributed by atoms with Crippen LogP contribution in [0.4, 0.5) is 27.5 Å². The maximum Gasteiger partial charge on any atom is 0.224 e. The topological polar surface area (TPSA) is 166 Å². The number of nitrogens with one attached hydrogen (secondary N) is 2. The molecule has 2 unspecified atom stereocenters. The molecule has 3 fully saturated rings. The maximum absolute atomic E-state index is 13.5. The van der Waals surface area contributed by atoms with E-state index in [0.717, 1.165) is 45.3 Å². The number of anilines is 4. The average Bonchev–Trinajstić information content (AvgIpc) is 3.29. The fraction of sp³-hybridized carbons (Fsp3) is 0.448. The van der Waals surface area contributed by atoms with E-state index >= 15 is 0 Å². The molecule has 1 saturated heterocycles. The summed E-state index contributed by atoms with van der Waals surface area (Å²) in [5, 5.41) is 38.3. The van der Waals surface area contributed by atoms with Crippen molar-refractivity contribution in [3.63, 3.8) is 0 Å². The van der Waals surface area contributed by atoms with Crippen LogP contribution in [0, 0.1) is 36.4 Å². The first kappa shape index (κ1) is 27.2. The molecule has 7 N–H and O–H groups in total. The molecule has 7 rings (SSSR count). The maximum atomic E-state index is 13.5. The van der Waals surface area contributed by atoms with Crippen molar-refractivity contribution < 1.29 is 19.7 Å². The minimum absolute atomic E-state index is 0.210. The molecule has 0 bridgehead atoms. The number of aryl methyl sites for hydroxylation is 1. The van der Waals surface area contributed by atoms with Gasteiger partial charge in [0.1, 0.15) is 28.3 Å². The van der Waals surface area contributed by atoms with Gasteiger partial charge >= 0.3 is 0 Å². The standard InChI is InChI=1S/C29H33FN8O3S/c1-13-24(28-36-21-9-32-5-4-23(21)42-28)27(35-20-6-14(12-39)25(40)26(20)41)37-29(34-13)33-8-16-17-10-38(11-18(16)17)22-3-2-15(30)7-19(22)31/h2-5,7,9,14,16-18,20,25-26,39-41H,6,8,10-12,31H2,1H3,(H2,33,34,35,37)/t14-,16?,17+,18?,20-,25-,26+/m1/s1. The Morgan fingerprint density at radius 1 is 1.12 bits per heavy atom. The summed E-state index contributed by atoms with van der Waals surface area (Å²) in [6.45, 7) is 4.16. The van der Waals surface area contributed by atoms with Gasteiger partial charge < -0.3 is 36.6 Å². The number of rotatable bonds is 8. The highest BCUT2D eigenvalue weighted by atomic mass is 32.1. The molecule has 2 aliphatic carbocycles. The molecule has 220 valence electrons. The minimum atomic E-state index is -1.05. The summed E-state index contributed by atoms with van der Waals surface area (Å²) in [6, 6.07) is 5.98. The molecule has 4 heterocycles. The van der Waals surface area contributed by atoms with Crippen LogP contribution in [0.3, 0.4) is 0 Å². The van der Waals surface area contributed by atoms with Gasteiger partial charge in [-0.15, -0.1) is 11.3 Å². The summed E-state index contributed by atoms with van der Waals surface area (Å²) in [5.74, 6) is 1.73. The smallest absolute Gasteiger partial charge is 0.224 e. The molecule has 3 aromatic heterocycles. The first-order valence-corrected chi connectivity index (χ1v) is 15.0. The van der Waals surface area contributed by atoms with Crippen molar-refractivity contribution >= 4 is 44.7 Å². The number of hydrogen-bond donors (Lipinski definition) is 6. The number of halogens is 1. The molecule has 0 radical (unpaired) electrons. The lowest BCUT2D eigenvalue weighted by Crippen LogP contribution is -2.35. The van der Waals surface area contributed by atoms with Crippen LogP contribution in [-0.2, 0) is 0 Å². The minimum Gasteiger partial charge on any atom is -0.397 e. The van der Waals surface area contributed by atoms with Crippen LogP contribution < -0.4 is 21.3 Å². The molecule has 42 heavy (non-hydrogen) atoms. The molecule has 1 aromatic carbocycles. The number of thiazole rings is 1. The Kier molecular flexibility index (Phi) is 6.84. The number of hydrogen-bond acceptors (Lipinski definition) is 12. The summed E-state index contributed by atoms with van der Waals surface area (Å²) < 4.78 is 14.5. The molecule has 1 aliphatic heterocycles. The van der Waals surface area contributed by atoms with E-state index in [-0.39, 0.29) is 12.4 Å². The van der Waals surface area contributed by atoms with Gasteiger partial charge in [-0.2, -0.15) is 4.98 Å². The number of nitrogen functional groups attached to an aromatic ring is 1. The van der Waals surface area contributed by atoms with Crippen LogP contribution in [0.25, 0.3) is 20.8 Å². The number of aromatic nitrogens is 4. The van der Waals surface area contributed by atoms with E-state index in [4.69, 9.17) is 20.7 Å². The normalized spacial score (nSPS) is 28.3. The third-order valence-electron chi connectivity index (χ3n) is 9.05. The van der Waals surface area contributed by atoms with Gasteiger partial charge in [0, 0.05) is 38.4 Å². The second-order valence-electron chi connectivity index (χ2n) is 11.6. The third-order valence-corrected chi connectivity index (χ3v) is 10.1. The largest absolute Gasteiger partial charge is 0.397 e. The summed E-state index contributed by atoms with van der Waals surface area (Å²) in [4.78, 5) is 20.8. The monoisotopic (exact) mass is 592 g/mol. The lowest BCUT2D eigenvalue weighted by molar-refractivity contribution is 0.00446. The highest BCUT2D eigenvalue weighted by Gasteiger charge is 2.55. The van der Waals surface area contributed by atoms with Gasteiger partial charge in [0.15, 0.2) is 0 Å². The highest BCUT2D eigenvalue weighted by Crippen LogP contribution is 2.53. The van der Waals surface area contributed by atoms with Crippen molar-refractivity contribution in [3.05, 3.63) is 48.2 Å². The van der Waals surface area contributed by atoms with Gasteiger partial charge in [-0.3, -0.25) is 4.98 Å². The number of nitrogens with zero attached hydrogens (tertiary/aromatic N) is 5. The highest BCUT2D eigenvalue weighted by molar-refractivity contribution is 7.21. The van der Waals surface area contributed by atoms with E-state index in [1.165, 1.54) is 23.5 Å². The first-order valence-electron chi connectivity index (χ1n) is 14.2. The molecule has 2 saturated carbocycles. The van der Waals surface area contributed by atoms with Crippen LogP contribution >= 0.6 is 11.3 Å². The van der Waals surface area contributed by atoms with Crippen LogP contribution in [0.15, 0.2) is 36.7 Å². The fourth-order valence-electron chi connectivity index (χ4n) is 6.70. The number of benzene rings is 1. The van der Waals surface area contributed by atoms with Gasteiger partial charge in [-0.05, 0) is 55.4 Å². The van der Waals surface area contributed by atoms with E-state index in [9.17, 15) is 19.7 Å². The van der Waals surface area contributed by atoms with E-state index in [1.54, 1.807) is 18.5 Å². The second-order valence-corrected chi connectivity index (χ2v) is 12.6. The number of pyridine rings is 1. The third kappa shape index (κ3) is 4.79. The van der Waals surface area contributed by atoms with Crippen molar-refractivity contribution in [1.82, 2.24) is 19.9 Å². The molecular weight excluding hydrogens is 559 g/mol. The Hall–Kier alpha value is -3.65. The van der Waals surface area contributed by atoms with E-state index in [1.807, 2.05) is 13.0 Å². The van der Waals surface area contributed by atoms with E-state index in [2.05, 4.69) is 20.5 Å². The molecule has 11 nitrogen and oxygen atoms in total. The first-order chi connectivity index (χ1) is 20.3. The van der Waals surface area contributed by atoms with Gasteiger partial charge in [0.25, 0.3) is 0 Å². The number of aliphatic hydroxyl groups excluding tert-OH is 3. The Morgan fingerprint density at radius 3 is 2.64 bits per heavy atom. The van der Waals surface area contributed by atoms with Crippen molar-refractivity contribution in [2.45, 2.75) is 31.6 Å². The Bertz CT molecular complexity index is 1590. The zero-order valence-electron chi connectivity index (χ0n) is 23.0. The van der Waals surface area contributed by atoms with Gasteiger partial charge in [-0.25, -0.2) is 14.4 Å². The lowest BCUT2D eigenvalue weighted by Gasteiger charge is -2.24. The van der Waals surface area contributed by atoms with Crippen molar-refractivity contribution in [2.75, 3.05) is 47.5 Å². The SMILES string of the molecule is Cc1nc(NCC2C3CN(c4ccc(F)cc4N)C[C@@H]23)nc(N[C@@H]2C[C@H](CO)[C@@H](O)[C@H]2O)c1-c1nc2cnccc2s1. The number of aliphatic hydroxyl groups is 3. The van der Waals surface area contributed by atoms with Gasteiger partial charge in [0.2, 0.25) is 5.95 Å². The van der Waals surface area contributed by atoms with Crippen LogP contribution in [0.1, 0.15) is 12.1 Å². The van der Waals surface area contributed by atoms with E-state index in [0.29, 0.717) is 48.2 Å². The van der Waals surface area contributed by atoms with Gasteiger partial charge in [-0.1, -0.05) is 0 Å². The summed E-state index contributed by atoms with van der Waals surface area (Å²) in [7, 11) is 0. The van der Waals surface area contributed by atoms with E-state index < -0.39 is 24.2 Å². The van der Waals surface area contributed by atoms with Crippen molar-refractivity contribution in [2.24, 2.45) is 23.7 Å². The molecule has 3 aliphatic rings. The Morgan fingerprint density at radius 2 is 1.93 bits per heavy atom. The lowest BCUT2D eigenvalue weighted by atomic mass is 10.1. The number of piperidine rings is 1. The zero-order chi connectivity index (χ0) is 29.1. The quantitative estimate of drug-likeness (QED) is 0.167. The predicted molar refractivity (Wildman–Crippen MR) is 160 cm³/mol. The van der Waals surface area contributed by atoms with Crippen LogP contribution in [0.2, 0.25) is 0 Å². The van der Waals surface area contributed by atoms with Gasteiger partial charge in [0.05, 0.1) is 45.7 Å². The summed E-state index contributed by atoms with van der Waals surface area (Å²) in [6.07, 6.45) is 1.77. The molecule has 13 heteroatoms. The number of nitrogens with two attached hydrogens (primary N) is 1. The summed E-state index contributed by atoms with van der Waals surface area (Å²) >= 11 is 1.51. The Balaban J connectivity index is 1.10.